The maximum atomic E-state index is 12.8. The van der Waals surface area contributed by atoms with Crippen LogP contribution in [-0.2, 0) is 14.3 Å². The second-order valence-corrected chi connectivity index (χ2v) is 7.62. The number of esters is 1. The molecule has 1 fully saturated rings. The van der Waals surface area contributed by atoms with Gasteiger partial charge < -0.3 is 4.74 Å². The number of hydrogen-bond acceptors (Lipinski definition) is 5. The standard InChI is InChI=1S/C19H22N2O3S/c1-12(2)11-24-18(23)16-13(3)20-19-21(15(22)9-10-25-19)17(16)14-7-5-4-6-8-14/h4-8,12,17H,9-11H2,1-3H3/t17-/m1/s1. The summed E-state index contributed by atoms with van der Waals surface area (Å²) in [7, 11) is 0. The third-order valence-electron chi connectivity index (χ3n) is 4.09. The maximum absolute atomic E-state index is 12.8. The molecule has 0 radical (unpaired) electrons. The van der Waals surface area contributed by atoms with E-state index in [1.807, 2.05) is 51.1 Å². The molecule has 0 aliphatic carbocycles. The van der Waals surface area contributed by atoms with Gasteiger partial charge >= 0.3 is 5.97 Å². The first kappa shape index (κ1) is 17.7. The molecule has 0 bridgehead atoms. The molecule has 1 amide bonds. The predicted molar refractivity (Wildman–Crippen MR) is 99.0 cm³/mol. The van der Waals surface area contributed by atoms with Gasteiger partial charge in [0.15, 0.2) is 5.17 Å². The van der Waals surface area contributed by atoms with Crippen LogP contribution in [0.3, 0.4) is 0 Å². The lowest BCUT2D eigenvalue weighted by molar-refractivity contribution is -0.141. The number of carbonyl (C=O) groups is 2. The van der Waals surface area contributed by atoms with Crippen molar-refractivity contribution in [2.45, 2.75) is 33.2 Å². The van der Waals surface area contributed by atoms with Crippen LogP contribution in [0.25, 0.3) is 0 Å². The quantitative estimate of drug-likeness (QED) is 0.773. The van der Waals surface area contributed by atoms with E-state index in [2.05, 4.69) is 4.99 Å². The maximum Gasteiger partial charge on any atom is 0.338 e. The van der Waals surface area contributed by atoms with Crippen molar-refractivity contribution in [1.29, 1.82) is 0 Å². The van der Waals surface area contributed by atoms with Crippen LogP contribution in [-0.4, -0.2) is 34.3 Å². The summed E-state index contributed by atoms with van der Waals surface area (Å²) in [4.78, 5) is 31.6. The fraction of sp³-hybridized carbons (Fsp3) is 0.421. The Labute approximate surface area is 152 Å². The van der Waals surface area contributed by atoms with Gasteiger partial charge in [0.25, 0.3) is 0 Å². The molecule has 25 heavy (non-hydrogen) atoms. The molecule has 3 rings (SSSR count). The Morgan fingerprint density at radius 2 is 2.08 bits per heavy atom. The van der Waals surface area contributed by atoms with Crippen molar-refractivity contribution < 1.29 is 14.3 Å². The molecule has 0 aromatic heterocycles. The number of hydrogen-bond donors (Lipinski definition) is 0. The Balaban J connectivity index is 2.05. The molecule has 5 nitrogen and oxygen atoms in total. The molecule has 2 heterocycles. The lowest BCUT2D eigenvalue weighted by Gasteiger charge is -2.38. The first-order chi connectivity index (χ1) is 12.0. The number of fused-ring (bicyclic) bond motifs is 1. The van der Waals surface area contributed by atoms with E-state index in [0.29, 0.717) is 29.5 Å². The van der Waals surface area contributed by atoms with E-state index in [-0.39, 0.29) is 11.8 Å². The number of amidine groups is 1. The summed E-state index contributed by atoms with van der Waals surface area (Å²) in [5.74, 6) is 0.560. The number of nitrogens with zero attached hydrogens (tertiary/aromatic N) is 2. The molecule has 2 aliphatic heterocycles. The third-order valence-corrected chi connectivity index (χ3v) is 5.04. The molecule has 0 saturated carbocycles. The van der Waals surface area contributed by atoms with Crippen molar-refractivity contribution >= 4 is 28.8 Å². The van der Waals surface area contributed by atoms with E-state index in [0.717, 1.165) is 11.3 Å². The largest absolute Gasteiger partial charge is 0.462 e. The Morgan fingerprint density at radius 1 is 1.36 bits per heavy atom. The van der Waals surface area contributed by atoms with Crippen LogP contribution in [0.1, 0.15) is 38.8 Å². The highest BCUT2D eigenvalue weighted by molar-refractivity contribution is 8.14. The smallest absolute Gasteiger partial charge is 0.338 e. The van der Waals surface area contributed by atoms with Gasteiger partial charge in [0.1, 0.15) is 0 Å². The number of aliphatic imine (C=N–C) groups is 1. The van der Waals surface area contributed by atoms with Crippen molar-refractivity contribution in [2.75, 3.05) is 12.4 Å². The van der Waals surface area contributed by atoms with E-state index in [4.69, 9.17) is 4.74 Å². The number of allylic oxidation sites excluding steroid dienone is 1. The zero-order valence-corrected chi connectivity index (χ0v) is 15.5. The van der Waals surface area contributed by atoms with Crippen molar-refractivity contribution in [1.82, 2.24) is 4.90 Å². The molecule has 0 spiro atoms. The van der Waals surface area contributed by atoms with E-state index in [1.165, 1.54) is 0 Å². The van der Waals surface area contributed by atoms with E-state index >= 15 is 0 Å². The minimum atomic E-state index is -0.478. The summed E-state index contributed by atoms with van der Waals surface area (Å²) in [5.41, 5.74) is 1.96. The summed E-state index contributed by atoms with van der Waals surface area (Å²) in [6.45, 7) is 6.14. The summed E-state index contributed by atoms with van der Waals surface area (Å²) in [6, 6.07) is 9.13. The van der Waals surface area contributed by atoms with Crippen LogP contribution in [0, 0.1) is 5.92 Å². The third kappa shape index (κ3) is 3.63. The molecule has 6 heteroatoms. The van der Waals surface area contributed by atoms with Gasteiger partial charge in [-0.1, -0.05) is 55.9 Å². The summed E-state index contributed by atoms with van der Waals surface area (Å²) < 4.78 is 5.47. The van der Waals surface area contributed by atoms with Crippen LogP contribution >= 0.6 is 11.8 Å². The van der Waals surface area contributed by atoms with Gasteiger partial charge in [-0.05, 0) is 18.4 Å². The van der Waals surface area contributed by atoms with Crippen molar-refractivity contribution in [3.05, 3.63) is 47.2 Å². The molecule has 2 aliphatic rings. The highest BCUT2D eigenvalue weighted by Gasteiger charge is 2.41. The second kappa shape index (κ2) is 7.44. The lowest BCUT2D eigenvalue weighted by Crippen LogP contribution is -2.45. The Kier molecular flexibility index (Phi) is 5.27. The zero-order chi connectivity index (χ0) is 18.0. The Bertz CT molecular complexity index is 740. The van der Waals surface area contributed by atoms with Gasteiger partial charge in [0, 0.05) is 12.2 Å². The van der Waals surface area contributed by atoms with Gasteiger partial charge in [-0.3, -0.25) is 9.69 Å². The van der Waals surface area contributed by atoms with Crippen LogP contribution in [0.15, 0.2) is 46.6 Å². The van der Waals surface area contributed by atoms with Gasteiger partial charge in [0.2, 0.25) is 5.91 Å². The molecule has 132 valence electrons. The normalized spacial score (nSPS) is 20.5. The van der Waals surface area contributed by atoms with Gasteiger partial charge in [-0.15, -0.1) is 0 Å². The summed E-state index contributed by atoms with van der Waals surface area (Å²) in [6.07, 6.45) is 0.445. The monoisotopic (exact) mass is 358 g/mol. The number of rotatable bonds is 4. The van der Waals surface area contributed by atoms with E-state index in [1.54, 1.807) is 16.7 Å². The zero-order valence-electron chi connectivity index (χ0n) is 14.7. The molecular formula is C19H22N2O3S. The van der Waals surface area contributed by atoms with Gasteiger partial charge in [0.05, 0.1) is 23.9 Å². The molecule has 1 saturated heterocycles. The van der Waals surface area contributed by atoms with Crippen molar-refractivity contribution in [3.8, 4) is 0 Å². The topological polar surface area (TPSA) is 59.0 Å². The average Bonchev–Trinajstić information content (AvgIpc) is 2.59. The van der Waals surface area contributed by atoms with Gasteiger partial charge in [-0.2, -0.15) is 0 Å². The highest BCUT2D eigenvalue weighted by atomic mass is 32.2. The van der Waals surface area contributed by atoms with Crippen LogP contribution < -0.4 is 0 Å². The SMILES string of the molecule is CC1=C(C(=O)OCC(C)C)[C@@H](c2ccccc2)N2C(=O)CCSC2=N1. The number of thioether (sulfide) groups is 1. The summed E-state index contributed by atoms with van der Waals surface area (Å²) in [5, 5.41) is 0.669. The fourth-order valence-electron chi connectivity index (χ4n) is 2.93. The van der Waals surface area contributed by atoms with E-state index in [9.17, 15) is 9.59 Å². The Morgan fingerprint density at radius 3 is 2.76 bits per heavy atom. The van der Waals surface area contributed by atoms with Gasteiger partial charge in [-0.25, -0.2) is 9.79 Å². The van der Waals surface area contributed by atoms with Crippen molar-refractivity contribution in [3.63, 3.8) is 0 Å². The minimum absolute atomic E-state index is 0.00647. The van der Waals surface area contributed by atoms with E-state index < -0.39 is 12.0 Å². The first-order valence-electron chi connectivity index (χ1n) is 8.45. The second-order valence-electron chi connectivity index (χ2n) is 6.56. The number of carbonyl (C=O) groups excluding carboxylic acids is 2. The average molecular weight is 358 g/mol. The van der Waals surface area contributed by atoms with Crippen molar-refractivity contribution in [2.24, 2.45) is 10.9 Å². The van der Waals surface area contributed by atoms with Crippen LogP contribution in [0.2, 0.25) is 0 Å². The molecule has 0 unspecified atom stereocenters. The summed E-state index contributed by atoms with van der Waals surface area (Å²) >= 11 is 1.55. The number of amides is 1. The Hall–Kier alpha value is -2.08. The van der Waals surface area contributed by atoms with Crippen LogP contribution in [0.4, 0.5) is 0 Å². The predicted octanol–water partition coefficient (Wildman–Crippen LogP) is 3.54. The minimum Gasteiger partial charge on any atom is -0.462 e. The van der Waals surface area contributed by atoms with Crippen LogP contribution in [0.5, 0.6) is 0 Å². The molecular weight excluding hydrogens is 336 g/mol. The number of benzene rings is 1. The molecule has 1 atom stereocenters. The fourth-order valence-corrected chi connectivity index (χ4v) is 3.94. The first-order valence-corrected chi connectivity index (χ1v) is 9.44. The molecule has 0 N–H and O–H groups in total. The lowest BCUT2D eigenvalue weighted by atomic mass is 9.94. The highest BCUT2D eigenvalue weighted by Crippen LogP contribution is 2.40. The molecule has 1 aromatic carbocycles. The molecule has 1 aromatic rings. The number of ether oxygens (including phenoxy) is 1.